The third-order valence-electron chi connectivity index (χ3n) is 4.38. The van der Waals surface area contributed by atoms with Crippen LogP contribution in [0.2, 0.25) is 0 Å². The molecule has 2 atom stereocenters. The predicted molar refractivity (Wildman–Crippen MR) is 54.2 cm³/mol. The Kier molecular flexibility index (Phi) is 2.29. The van der Waals surface area contributed by atoms with Crippen LogP contribution in [-0.2, 0) is 9.47 Å². The van der Waals surface area contributed by atoms with E-state index in [1.807, 2.05) is 0 Å². The van der Waals surface area contributed by atoms with E-state index in [2.05, 4.69) is 0 Å². The highest BCUT2D eigenvalue weighted by molar-refractivity contribution is 4.99. The molecule has 3 fully saturated rings. The summed E-state index contributed by atoms with van der Waals surface area (Å²) in [5.74, 6) is 0.719. The molecular weight excluding hydrogens is 176 g/mol. The van der Waals surface area contributed by atoms with Crippen molar-refractivity contribution in [2.24, 2.45) is 5.92 Å². The van der Waals surface area contributed by atoms with Gasteiger partial charge in [-0.2, -0.15) is 0 Å². The average molecular weight is 196 g/mol. The maximum absolute atomic E-state index is 6.14. The molecule has 14 heavy (non-hydrogen) atoms. The molecular formula is C12H20O2. The van der Waals surface area contributed by atoms with Crippen LogP contribution in [0.15, 0.2) is 0 Å². The lowest BCUT2D eigenvalue weighted by atomic mass is 9.71. The van der Waals surface area contributed by atoms with Crippen LogP contribution in [0.1, 0.15) is 44.9 Å². The highest BCUT2D eigenvalue weighted by Crippen LogP contribution is 2.47. The van der Waals surface area contributed by atoms with Crippen LogP contribution < -0.4 is 0 Å². The van der Waals surface area contributed by atoms with Gasteiger partial charge in [0.15, 0.2) is 0 Å². The molecule has 0 bridgehead atoms. The first-order chi connectivity index (χ1) is 6.91. The maximum atomic E-state index is 6.14. The first-order valence-electron chi connectivity index (χ1n) is 6.16. The fraction of sp³-hybridized carbons (Fsp3) is 1.00. The van der Waals surface area contributed by atoms with Crippen molar-refractivity contribution in [1.29, 1.82) is 0 Å². The number of ether oxygens (including phenoxy) is 2. The number of fused-ring (bicyclic) bond motifs is 2. The summed E-state index contributed by atoms with van der Waals surface area (Å²) in [5.41, 5.74) is 0.234. The molecule has 2 saturated heterocycles. The zero-order valence-electron chi connectivity index (χ0n) is 8.84. The summed E-state index contributed by atoms with van der Waals surface area (Å²) >= 11 is 0. The summed E-state index contributed by atoms with van der Waals surface area (Å²) in [7, 11) is 0. The Morgan fingerprint density at radius 3 is 2.64 bits per heavy atom. The van der Waals surface area contributed by atoms with Crippen molar-refractivity contribution in [3.8, 4) is 0 Å². The van der Waals surface area contributed by atoms with Crippen molar-refractivity contribution in [2.45, 2.75) is 56.7 Å². The SMILES string of the molecule is C1CCC2(CC1)OCC[C@@H]1OCC[C@@H]12. The third-order valence-corrected chi connectivity index (χ3v) is 4.38. The van der Waals surface area contributed by atoms with Gasteiger partial charge in [0.2, 0.25) is 0 Å². The molecule has 0 N–H and O–H groups in total. The van der Waals surface area contributed by atoms with E-state index in [1.54, 1.807) is 0 Å². The molecule has 2 heteroatoms. The van der Waals surface area contributed by atoms with Gasteiger partial charge in [-0.3, -0.25) is 0 Å². The Balaban J connectivity index is 1.81. The van der Waals surface area contributed by atoms with Gasteiger partial charge in [-0.25, -0.2) is 0 Å². The Hall–Kier alpha value is -0.0800. The Morgan fingerprint density at radius 2 is 1.79 bits per heavy atom. The van der Waals surface area contributed by atoms with Gasteiger partial charge in [0.1, 0.15) is 0 Å². The van der Waals surface area contributed by atoms with Crippen LogP contribution in [-0.4, -0.2) is 24.9 Å². The minimum atomic E-state index is 0.234. The minimum Gasteiger partial charge on any atom is -0.378 e. The second-order valence-corrected chi connectivity index (χ2v) is 5.07. The van der Waals surface area contributed by atoms with E-state index in [1.165, 1.54) is 38.5 Å². The second kappa shape index (κ2) is 3.49. The van der Waals surface area contributed by atoms with E-state index in [9.17, 15) is 0 Å². The Morgan fingerprint density at radius 1 is 0.929 bits per heavy atom. The summed E-state index contributed by atoms with van der Waals surface area (Å²) in [6.07, 6.45) is 9.61. The zero-order valence-corrected chi connectivity index (χ0v) is 8.84. The fourth-order valence-corrected chi connectivity index (χ4v) is 3.69. The van der Waals surface area contributed by atoms with E-state index in [4.69, 9.17) is 9.47 Å². The standard InChI is InChI=1S/C12H20O2/c1-2-6-12(7-3-1)10-4-8-13-11(10)5-9-14-12/h10-11H,1-9H2/t10-,11-/m0/s1. The molecule has 0 amide bonds. The van der Waals surface area contributed by atoms with Crippen molar-refractivity contribution in [3.05, 3.63) is 0 Å². The molecule has 1 spiro atoms. The van der Waals surface area contributed by atoms with Gasteiger partial charge < -0.3 is 9.47 Å². The summed E-state index contributed by atoms with van der Waals surface area (Å²) in [4.78, 5) is 0. The molecule has 2 heterocycles. The van der Waals surface area contributed by atoms with Crippen LogP contribution in [0, 0.1) is 5.92 Å². The van der Waals surface area contributed by atoms with E-state index in [0.717, 1.165) is 25.6 Å². The Bertz CT molecular complexity index is 203. The van der Waals surface area contributed by atoms with Crippen LogP contribution in [0.25, 0.3) is 0 Å². The van der Waals surface area contributed by atoms with Gasteiger partial charge in [0.25, 0.3) is 0 Å². The van der Waals surface area contributed by atoms with Gasteiger partial charge in [-0.05, 0) is 25.7 Å². The second-order valence-electron chi connectivity index (χ2n) is 5.07. The van der Waals surface area contributed by atoms with Gasteiger partial charge in [0, 0.05) is 19.1 Å². The Labute approximate surface area is 86.0 Å². The van der Waals surface area contributed by atoms with Crippen molar-refractivity contribution in [3.63, 3.8) is 0 Å². The van der Waals surface area contributed by atoms with E-state index < -0.39 is 0 Å². The summed E-state index contributed by atoms with van der Waals surface area (Å²) < 4.78 is 11.9. The molecule has 3 rings (SSSR count). The molecule has 1 aliphatic carbocycles. The lowest BCUT2D eigenvalue weighted by molar-refractivity contribution is -0.163. The monoisotopic (exact) mass is 196 g/mol. The molecule has 0 aromatic rings. The van der Waals surface area contributed by atoms with Crippen LogP contribution in [0.3, 0.4) is 0 Å². The van der Waals surface area contributed by atoms with Gasteiger partial charge >= 0.3 is 0 Å². The third kappa shape index (κ3) is 1.31. The van der Waals surface area contributed by atoms with Gasteiger partial charge in [0.05, 0.1) is 11.7 Å². The summed E-state index contributed by atoms with van der Waals surface area (Å²) in [6.45, 7) is 1.90. The largest absolute Gasteiger partial charge is 0.378 e. The van der Waals surface area contributed by atoms with E-state index in [-0.39, 0.29) is 5.60 Å². The molecule has 3 aliphatic rings. The van der Waals surface area contributed by atoms with Gasteiger partial charge in [-0.15, -0.1) is 0 Å². The van der Waals surface area contributed by atoms with Crippen molar-refractivity contribution >= 4 is 0 Å². The smallest absolute Gasteiger partial charge is 0.0736 e. The maximum Gasteiger partial charge on any atom is 0.0736 e. The lowest BCUT2D eigenvalue weighted by Crippen LogP contribution is -2.50. The van der Waals surface area contributed by atoms with Crippen molar-refractivity contribution < 1.29 is 9.47 Å². The molecule has 0 aromatic carbocycles. The fourth-order valence-electron chi connectivity index (χ4n) is 3.69. The van der Waals surface area contributed by atoms with E-state index in [0.29, 0.717) is 6.10 Å². The quantitative estimate of drug-likeness (QED) is 0.592. The van der Waals surface area contributed by atoms with Crippen LogP contribution >= 0.6 is 0 Å². The normalized spacial score (nSPS) is 41.1. The van der Waals surface area contributed by atoms with Gasteiger partial charge in [-0.1, -0.05) is 19.3 Å². The average Bonchev–Trinajstić information content (AvgIpc) is 2.69. The molecule has 0 radical (unpaired) electrons. The van der Waals surface area contributed by atoms with Crippen LogP contribution in [0.4, 0.5) is 0 Å². The zero-order chi connectivity index (χ0) is 9.43. The lowest BCUT2D eigenvalue weighted by Gasteiger charge is -2.47. The molecule has 0 aromatic heterocycles. The predicted octanol–water partition coefficient (Wildman–Crippen LogP) is 2.51. The molecule has 2 nitrogen and oxygen atoms in total. The van der Waals surface area contributed by atoms with Crippen molar-refractivity contribution in [2.75, 3.05) is 13.2 Å². The number of rotatable bonds is 0. The highest BCUT2D eigenvalue weighted by Gasteiger charge is 2.49. The minimum absolute atomic E-state index is 0.234. The van der Waals surface area contributed by atoms with Crippen molar-refractivity contribution in [1.82, 2.24) is 0 Å². The number of hydrogen-bond acceptors (Lipinski definition) is 2. The number of hydrogen-bond donors (Lipinski definition) is 0. The summed E-state index contributed by atoms with van der Waals surface area (Å²) in [6, 6.07) is 0. The molecule has 2 aliphatic heterocycles. The highest BCUT2D eigenvalue weighted by atomic mass is 16.5. The molecule has 80 valence electrons. The van der Waals surface area contributed by atoms with E-state index >= 15 is 0 Å². The molecule has 0 unspecified atom stereocenters. The molecule has 1 saturated carbocycles. The first kappa shape index (κ1) is 9.17. The topological polar surface area (TPSA) is 18.5 Å². The van der Waals surface area contributed by atoms with Crippen LogP contribution in [0.5, 0.6) is 0 Å². The first-order valence-corrected chi connectivity index (χ1v) is 6.16. The summed E-state index contributed by atoms with van der Waals surface area (Å²) in [5, 5.41) is 0.